The van der Waals surface area contributed by atoms with E-state index in [9.17, 15) is 14.7 Å². The van der Waals surface area contributed by atoms with Crippen molar-refractivity contribution < 1.29 is 14.7 Å². The van der Waals surface area contributed by atoms with E-state index in [1.165, 1.54) is 4.90 Å². The molecule has 1 aromatic heterocycles. The third-order valence-electron chi connectivity index (χ3n) is 5.80. The van der Waals surface area contributed by atoms with E-state index in [2.05, 4.69) is 4.98 Å². The molecule has 0 saturated heterocycles. The number of carbonyl (C=O) groups is 2. The summed E-state index contributed by atoms with van der Waals surface area (Å²) in [7, 11) is 0. The molecule has 4 rings (SSSR count). The zero-order valence-corrected chi connectivity index (χ0v) is 17.6. The first kappa shape index (κ1) is 20.5. The molecule has 0 spiro atoms. The van der Waals surface area contributed by atoms with Gasteiger partial charge in [-0.2, -0.15) is 0 Å². The van der Waals surface area contributed by atoms with Crippen molar-refractivity contribution in [3.8, 4) is 0 Å². The minimum atomic E-state index is -0.766. The molecule has 5 heteroatoms. The van der Waals surface area contributed by atoms with Gasteiger partial charge in [0, 0.05) is 18.3 Å². The molecule has 3 aromatic rings. The highest BCUT2D eigenvalue weighted by molar-refractivity contribution is 6.16. The number of ketones is 1. The maximum absolute atomic E-state index is 13.3. The first-order valence-corrected chi connectivity index (χ1v) is 10.3. The molecule has 1 unspecified atom stereocenters. The van der Waals surface area contributed by atoms with Crippen LogP contribution < -0.4 is 4.90 Å². The highest BCUT2D eigenvalue weighted by atomic mass is 16.3. The van der Waals surface area contributed by atoms with Crippen molar-refractivity contribution in [1.29, 1.82) is 0 Å². The second-order valence-corrected chi connectivity index (χ2v) is 7.72. The number of hydrogen-bond acceptors (Lipinski definition) is 4. The van der Waals surface area contributed by atoms with Crippen LogP contribution in [0, 0.1) is 13.8 Å². The number of hydrogen-bond donors (Lipinski definition) is 1. The molecule has 1 aliphatic rings. The van der Waals surface area contributed by atoms with Gasteiger partial charge in [0.25, 0.3) is 5.91 Å². The van der Waals surface area contributed by atoms with Gasteiger partial charge in [0.15, 0.2) is 11.5 Å². The summed E-state index contributed by atoms with van der Waals surface area (Å²) in [6.45, 7) is 3.90. The number of rotatable bonds is 6. The van der Waals surface area contributed by atoms with Crippen molar-refractivity contribution >= 4 is 17.4 Å². The zero-order valence-electron chi connectivity index (χ0n) is 17.6. The fourth-order valence-corrected chi connectivity index (χ4v) is 3.99. The Bertz CT molecular complexity index is 1150. The Labute approximate surface area is 181 Å². The summed E-state index contributed by atoms with van der Waals surface area (Å²) >= 11 is 0. The van der Waals surface area contributed by atoms with Gasteiger partial charge in [0.05, 0.1) is 11.3 Å². The predicted octanol–water partition coefficient (Wildman–Crippen LogP) is 4.80. The summed E-state index contributed by atoms with van der Waals surface area (Å²) in [5.41, 5.74) is 4.29. The Balaban J connectivity index is 1.75. The van der Waals surface area contributed by atoms with Gasteiger partial charge in [-0.3, -0.25) is 19.5 Å². The van der Waals surface area contributed by atoms with Crippen molar-refractivity contribution in [2.75, 3.05) is 4.90 Å². The summed E-state index contributed by atoms with van der Waals surface area (Å²) < 4.78 is 0. The Kier molecular flexibility index (Phi) is 5.67. The van der Waals surface area contributed by atoms with Crippen LogP contribution in [0.15, 0.2) is 84.3 Å². The van der Waals surface area contributed by atoms with Crippen LogP contribution in [0.5, 0.6) is 0 Å². The average molecular weight is 412 g/mol. The number of aromatic nitrogens is 1. The van der Waals surface area contributed by atoms with Crippen LogP contribution in [-0.4, -0.2) is 21.8 Å². The standard InChI is InChI=1S/C26H24N2O3/c1-17-9-8-13-21(18(17)2)28-24(20-12-6-7-16-27-20)23(25(30)26(28)31)22(29)15-14-19-10-4-3-5-11-19/h3-13,16,24,30H,14-15H2,1-2H3. The fraction of sp³-hybridized carbons (Fsp3) is 0.192. The van der Waals surface area contributed by atoms with Crippen LogP contribution in [0.4, 0.5) is 5.69 Å². The molecule has 2 aromatic carbocycles. The molecule has 0 saturated carbocycles. The summed E-state index contributed by atoms with van der Waals surface area (Å²) in [5, 5.41) is 10.8. The van der Waals surface area contributed by atoms with E-state index in [1.807, 2.05) is 68.4 Å². The number of benzene rings is 2. The molecular formula is C26H24N2O3. The normalized spacial score (nSPS) is 16.1. The molecule has 0 fully saturated rings. The lowest BCUT2D eigenvalue weighted by atomic mass is 9.95. The Morgan fingerprint density at radius 3 is 2.45 bits per heavy atom. The van der Waals surface area contributed by atoms with Gasteiger partial charge < -0.3 is 5.11 Å². The molecule has 0 bridgehead atoms. The molecule has 2 heterocycles. The highest BCUT2D eigenvalue weighted by Gasteiger charge is 2.45. The minimum absolute atomic E-state index is 0.112. The minimum Gasteiger partial charge on any atom is -0.503 e. The van der Waals surface area contributed by atoms with Crippen molar-refractivity contribution in [3.05, 3.63) is 107 Å². The Morgan fingerprint density at radius 1 is 1.00 bits per heavy atom. The number of pyridine rings is 1. The van der Waals surface area contributed by atoms with Gasteiger partial charge in [0.1, 0.15) is 6.04 Å². The second-order valence-electron chi connectivity index (χ2n) is 7.72. The van der Waals surface area contributed by atoms with E-state index in [4.69, 9.17) is 0 Å². The van der Waals surface area contributed by atoms with Gasteiger partial charge in [-0.05, 0) is 55.2 Å². The molecule has 1 N–H and O–H groups in total. The van der Waals surface area contributed by atoms with E-state index in [1.54, 1.807) is 18.3 Å². The molecule has 1 atom stereocenters. The molecule has 31 heavy (non-hydrogen) atoms. The Hall–Kier alpha value is -3.73. The summed E-state index contributed by atoms with van der Waals surface area (Å²) in [6, 6.07) is 20.0. The summed E-state index contributed by atoms with van der Waals surface area (Å²) in [6.07, 6.45) is 2.35. The lowest BCUT2D eigenvalue weighted by Gasteiger charge is -2.28. The maximum Gasteiger partial charge on any atom is 0.294 e. The van der Waals surface area contributed by atoms with Gasteiger partial charge in [-0.15, -0.1) is 0 Å². The topological polar surface area (TPSA) is 70.5 Å². The molecule has 0 aliphatic carbocycles. The molecule has 1 amide bonds. The van der Waals surface area contributed by atoms with Gasteiger partial charge in [-0.1, -0.05) is 48.5 Å². The van der Waals surface area contributed by atoms with Gasteiger partial charge in [-0.25, -0.2) is 0 Å². The number of anilines is 1. The lowest BCUT2D eigenvalue weighted by Crippen LogP contribution is -2.32. The second kappa shape index (κ2) is 8.56. The predicted molar refractivity (Wildman–Crippen MR) is 120 cm³/mol. The first-order chi connectivity index (χ1) is 15.0. The van der Waals surface area contributed by atoms with Gasteiger partial charge in [0.2, 0.25) is 0 Å². The third-order valence-corrected chi connectivity index (χ3v) is 5.80. The molecule has 0 radical (unpaired) electrons. The lowest BCUT2D eigenvalue weighted by molar-refractivity contribution is -0.118. The van der Waals surface area contributed by atoms with E-state index in [0.29, 0.717) is 17.8 Å². The quantitative estimate of drug-likeness (QED) is 0.631. The zero-order chi connectivity index (χ0) is 22.0. The SMILES string of the molecule is Cc1cccc(N2C(=O)C(O)=C(C(=O)CCc3ccccc3)C2c2ccccn2)c1C. The number of aryl methyl sites for hydroxylation is 2. The Morgan fingerprint density at radius 2 is 1.74 bits per heavy atom. The van der Waals surface area contributed by atoms with E-state index < -0.39 is 17.7 Å². The molecule has 156 valence electrons. The summed E-state index contributed by atoms with van der Waals surface area (Å²) in [5.74, 6) is -1.32. The number of aliphatic hydroxyl groups excluding tert-OH is 1. The molecule has 5 nitrogen and oxygen atoms in total. The first-order valence-electron chi connectivity index (χ1n) is 10.3. The molecule has 1 aliphatic heterocycles. The number of amides is 1. The highest BCUT2D eigenvalue weighted by Crippen LogP contribution is 2.42. The van der Waals surface area contributed by atoms with Crippen LogP contribution in [-0.2, 0) is 16.0 Å². The monoisotopic (exact) mass is 412 g/mol. The number of aliphatic hydroxyl groups is 1. The van der Waals surface area contributed by atoms with Crippen molar-refractivity contribution in [2.45, 2.75) is 32.7 Å². The van der Waals surface area contributed by atoms with Crippen molar-refractivity contribution in [2.24, 2.45) is 0 Å². The van der Waals surface area contributed by atoms with Crippen molar-refractivity contribution in [3.63, 3.8) is 0 Å². The third kappa shape index (κ3) is 3.87. The fourth-order valence-electron chi connectivity index (χ4n) is 3.99. The van der Waals surface area contributed by atoms with E-state index in [-0.39, 0.29) is 17.8 Å². The van der Waals surface area contributed by atoms with Gasteiger partial charge >= 0.3 is 0 Å². The van der Waals surface area contributed by atoms with E-state index >= 15 is 0 Å². The van der Waals surface area contributed by atoms with E-state index in [0.717, 1.165) is 16.7 Å². The van der Waals surface area contributed by atoms with Crippen LogP contribution in [0.1, 0.15) is 34.8 Å². The van der Waals surface area contributed by atoms with Crippen LogP contribution >= 0.6 is 0 Å². The number of Topliss-reactive ketones (excluding diaryl/α,β-unsaturated/α-hetero) is 1. The average Bonchev–Trinajstić information content (AvgIpc) is 3.06. The number of nitrogens with zero attached hydrogens (tertiary/aromatic N) is 2. The van der Waals surface area contributed by atoms with Crippen LogP contribution in [0.25, 0.3) is 0 Å². The number of carbonyl (C=O) groups excluding carboxylic acids is 2. The largest absolute Gasteiger partial charge is 0.503 e. The van der Waals surface area contributed by atoms with Crippen LogP contribution in [0.3, 0.4) is 0 Å². The maximum atomic E-state index is 13.3. The summed E-state index contributed by atoms with van der Waals surface area (Å²) in [4.78, 5) is 32.4. The van der Waals surface area contributed by atoms with Crippen molar-refractivity contribution in [1.82, 2.24) is 4.98 Å². The molecular weight excluding hydrogens is 388 g/mol. The van der Waals surface area contributed by atoms with Crippen LogP contribution in [0.2, 0.25) is 0 Å². The smallest absolute Gasteiger partial charge is 0.294 e.